The summed E-state index contributed by atoms with van der Waals surface area (Å²) in [6, 6.07) is 0.381. The molecule has 0 bridgehead atoms. The summed E-state index contributed by atoms with van der Waals surface area (Å²) in [5.41, 5.74) is 0. The molecule has 0 aliphatic carbocycles. The molecule has 106 valence electrons. The first kappa shape index (κ1) is 14.6. The molecule has 1 aromatic heterocycles. The molecule has 1 N–H and O–H groups in total. The monoisotopic (exact) mass is 300 g/mol. The maximum absolute atomic E-state index is 11.4. The number of nitrogens with zero attached hydrogens (tertiary/aromatic N) is 3. The molecule has 2 heterocycles. The molecule has 0 atom stereocenters. The van der Waals surface area contributed by atoms with Crippen molar-refractivity contribution in [3.05, 3.63) is 0 Å². The first-order valence-corrected chi connectivity index (χ1v) is 8.46. The summed E-state index contributed by atoms with van der Waals surface area (Å²) in [6.45, 7) is 5.98. The van der Waals surface area contributed by atoms with Crippen LogP contribution in [0.25, 0.3) is 0 Å². The highest BCUT2D eigenvalue weighted by molar-refractivity contribution is 8.01. The van der Waals surface area contributed by atoms with Crippen LogP contribution in [-0.4, -0.2) is 45.9 Å². The zero-order valence-electron chi connectivity index (χ0n) is 11.4. The molecule has 1 aromatic rings. The van der Waals surface area contributed by atoms with E-state index in [0.29, 0.717) is 11.9 Å². The van der Waals surface area contributed by atoms with Gasteiger partial charge in [-0.15, -0.1) is 10.2 Å². The Labute approximate surface area is 122 Å². The van der Waals surface area contributed by atoms with Crippen molar-refractivity contribution in [3.63, 3.8) is 0 Å². The first-order valence-electron chi connectivity index (χ1n) is 6.66. The fourth-order valence-corrected chi connectivity index (χ4v) is 3.82. The zero-order chi connectivity index (χ0) is 13.7. The topological polar surface area (TPSA) is 58.1 Å². The molecule has 1 fully saturated rings. The highest BCUT2D eigenvalue weighted by Crippen LogP contribution is 2.26. The number of nitrogens with one attached hydrogen (secondary N) is 1. The van der Waals surface area contributed by atoms with Crippen molar-refractivity contribution in [1.82, 2.24) is 15.1 Å². The largest absolute Gasteiger partial charge is 0.358 e. The van der Waals surface area contributed by atoms with Crippen LogP contribution in [0, 0.1) is 0 Å². The third kappa shape index (κ3) is 4.65. The smallest absolute Gasteiger partial charge is 0.222 e. The van der Waals surface area contributed by atoms with Gasteiger partial charge in [-0.1, -0.05) is 23.1 Å². The van der Waals surface area contributed by atoms with E-state index in [0.717, 1.165) is 47.6 Å². The van der Waals surface area contributed by atoms with Gasteiger partial charge in [-0.25, -0.2) is 0 Å². The number of aromatic nitrogens is 2. The van der Waals surface area contributed by atoms with Gasteiger partial charge in [0.1, 0.15) is 0 Å². The Morgan fingerprint density at radius 3 is 3.00 bits per heavy atom. The summed E-state index contributed by atoms with van der Waals surface area (Å²) in [6.07, 6.45) is 2.77. The molecule has 7 heteroatoms. The maximum atomic E-state index is 11.4. The van der Waals surface area contributed by atoms with Gasteiger partial charge in [0.2, 0.25) is 11.0 Å². The van der Waals surface area contributed by atoms with Crippen LogP contribution < -0.4 is 5.32 Å². The number of hydrogen-bond acceptors (Lipinski definition) is 6. The number of rotatable bonds is 7. The van der Waals surface area contributed by atoms with Gasteiger partial charge in [-0.2, -0.15) is 0 Å². The average Bonchev–Trinajstić information content (AvgIpc) is 2.94. The third-order valence-electron chi connectivity index (χ3n) is 2.79. The molecule has 0 aromatic carbocycles. The van der Waals surface area contributed by atoms with Crippen LogP contribution in [0.3, 0.4) is 0 Å². The lowest BCUT2D eigenvalue weighted by Gasteiger charge is -2.14. The average molecular weight is 300 g/mol. The van der Waals surface area contributed by atoms with Crippen molar-refractivity contribution in [2.45, 2.75) is 43.5 Å². The minimum atomic E-state index is 0.310. The third-order valence-corrected chi connectivity index (χ3v) is 4.86. The second-order valence-electron chi connectivity index (χ2n) is 4.86. The van der Waals surface area contributed by atoms with E-state index >= 15 is 0 Å². The van der Waals surface area contributed by atoms with Gasteiger partial charge in [-0.3, -0.25) is 4.79 Å². The number of amides is 1. The Hall–Kier alpha value is -0.820. The van der Waals surface area contributed by atoms with Crippen molar-refractivity contribution < 1.29 is 4.79 Å². The lowest BCUT2D eigenvalue weighted by Crippen LogP contribution is -2.25. The number of anilines is 1. The van der Waals surface area contributed by atoms with E-state index in [1.807, 2.05) is 4.90 Å². The highest BCUT2D eigenvalue weighted by Gasteiger charge is 2.19. The molecule has 0 spiro atoms. The molecular formula is C12H20N4OS2. The van der Waals surface area contributed by atoms with E-state index in [1.54, 1.807) is 23.1 Å². The second kappa shape index (κ2) is 7.09. The number of likely N-dealkylation sites (tertiary alicyclic amines) is 1. The normalized spacial score (nSPS) is 15.5. The minimum Gasteiger partial charge on any atom is -0.358 e. The molecule has 0 unspecified atom stereocenters. The van der Waals surface area contributed by atoms with Gasteiger partial charge in [0, 0.05) is 31.3 Å². The van der Waals surface area contributed by atoms with Gasteiger partial charge in [0.25, 0.3) is 0 Å². The van der Waals surface area contributed by atoms with E-state index < -0.39 is 0 Å². The van der Waals surface area contributed by atoms with Crippen molar-refractivity contribution in [1.29, 1.82) is 0 Å². The van der Waals surface area contributed by atoms with Crippen LogP contribution in [0.1, 0.15) is 33.1 Å². The van der Waals surface area contributed by atoms with E-state index in [2.05, 4.69) is 29.4 Å². The molecule has 1 saturated heterocycles. The van der Waals surface area contributed by atoms with Gasteiger partial charge in [0.15, 0.2) is 4.34 Å². The van der Waals surface area contributed by atoms with E-state index in [-0.39, 0.29) is 0 Å². The Kier molecular flexibility index (Phi) is 5.45. The SMILES string of the molecule is CC(C)Nc1nnc(SCCCN2CCCC2=O)s1. The van der Waals surface area contributed by atoms with Crippen molar-refractivity contribution in [2.24, 2.45) is 0 Å². The Bertz CT molecular complexity index is 422. The summed E-state index contributed by atoms with van der Waals surface area (Å²) in [5, 5.41) is 12.4. The molecule has 1 amide bonds. The van der Waals surface area contributed by atoms with E-state index in [1.165, 1.54) is 0 Å². The molecule has 0 saturated carbocycles. The molecule has 1 aliphatic heterocycles. The quantitative estimate of drug-likeness (QED) is 0.619. The van der Waals surface area contributed by atoms with Crippen LogP contribution in [0.15, 0.2) is 4.34 Å². The van der Waals surface area contributed by atoms with Crippen LogP contribution in [0.5, 0.6) is 0 Å². The molecule has 2 rings (SSSR count). The van der Waals surface area contributed by atoms with Crippen LogP contribution in [0.2, 0.25) is 0 Å². The summed E-state index contributed by atoms with van der Waals surface area (Å²) in [4.78, 5) is 13.4. The van der Waals surface area contributed by atoms with E-state index in [4.69, 9.17) is 0 Å². The Balaban J connectivity index is 1.65. The highest BCUT2D eigenvalue weighted by atomic mass is 32.2. The Morgan fingerprint density at radius 1 is 1.47 bits per heavy atom. The molecule has 0 radical (unpaired) electrons. The zero-order valence-corrected chi connectivity index (χ0v) is 13.0. The van der Waals surface area contributed by atoms with Crippen molar-refractivity contribution >= 4 is 34.1 Å². The number of carbonyl (C=O) groups is 1. The van der Waals surface area contributed by atoms with Crippen LogP contribution >= 0.6 is 23.1 Å². The van der Waals surface area contributed by atoms with Crippen molar-refractivity contribution in [3.8, 4) is 0 Å². The summed E-state index contributed by atoms with van der Waals surface area (Å²) in [5.74, 6) is 1.30. The lowest BCUT2D eigenvalue weighted by atomic mass is 10.4. The molecular weight excluding hydrogens is 280 g/mol. The molecule has 1 aliphatic rings. The van der Waals surface area contributed by atoms with E-state index in [9.17, 15) is 4.79 Å². The second-order valence-corrected chi connectivity index (χ2v) is 7.18. The maximum Gasteiger partial charge on any atom is 0.222 e. The minimum absolute atomic E-state index is 0.310. The van der Waals surface area contributed by atoms with Gasteiger partial charge >= 0.3 is 0 Å². The lowest BCUT2D eigenvalue weighted by molar-refractivity contribution is -0.127. The van der Waals surface area contributed by atoms with Crippen LogP contribution in [-0.2, 0) is 4.79 Å². The van der Waals surface area contributed by atoms with Gasteiger partial charge in [0.05, 0.1) is 0 Å². The van der Waals surface area contributed by atoms with Gasteiger partial charge < -0.3 is 10.2 Å². The molecule has 5 nitrogen and oxygen atoms in total. The van der Waals surface area contributed by atoms with Crippen LogP contribution in [0.4, 0.5) is 5.13 Å². The standard InChI is InChI=1S/C12H20N4OS2/c1-9(2)13-11-14-15-12(19-11)18-8-4-7-16-6-3-5-10(16)17/h9H,3-8H2,1-2H3,(H,13,14). The first-order chi connectivity index (χ1) is 9.15. The fourth-order valence-electron chi connectivity index (χ4n) is 1.93. The van der Waals surface area contributed by atoms with Gasteiger partial charge in [-0.05, 0) is 26.7 Å². The summed E-state index contributed by atoms with van der Waals surface area (Å²) < 4.78 is 0.996. The number of thioether (sulfide) groups is 1. The summed E-state index contributed by atoms with van der Waals surface area (Å²) in [7, 11) is 0. The predicted molar refractivity (Wildman–Crippen MR) is 79.8 cm³/mol. The Morgan fingerprint density at radius 2 is 2.32 bits per heavy atom. The number of carbonyl (C=O) groups excluding carboxylic acids is 1. The fraction of sp³-hybridized carbons (Fsp3) is 0.750. The predicted octanol–water partition coefficient (Wildman–Crippen LogP) is 2.46. The summed E-state index contributed by atoms with van der Waals surface area (Å²) >= 11 is 3.31. The molecule has 19 heavy (non-hydrogen) atoms. The number of hydrogen-bond donors (Lipinski definition) is 1. The van der Waals surface area contributed by atoms with Crippen molar-refractivity contribution in [2.75, 3.05) is 24.2 Å².